The van der Waals surface area contributed by atoms with Crippen molar-refractivity contribution in [2.45, 2.75) is 0 Å². The van der Waals surface area contributed by atoms with Crippen molar-refractivity contribution in [3.05, 3.63) is 52.1 Å². The predicted molar refractivity (Wildman–Crippen MR) is 86.3 cm³/mol. The maximum absolute atomic E-state index is 11.9. The number of carbonyl (C=O) groups excluding carboxylic acids is 1. The summed E-state index contributed by atoms with van der Waals surface area (Å²) in [4.78, 5) is 20.6. The van der Waals surface area contributed by atoms with Gasteiger partial charge in [0.2, 0.25) is 5.88 Å². The number of carbonyl (C=O) groups is 1. The highest BCUT2D eigenvalue weighted by molar-refractivity contribution is 6.43. The Bertz CT molecular complexity index is 750. The molecule has 1 aromatic heterocycles. The standard InChI is InChI=1S/C15H12Cl2N2O4/c1-21-15(20)13(19-22-2)10-4-3-7-18-14(10)23-9-5-6-11(16)12(17)8-9/h3-8H,1-2H3. The molecule has 0 N–H and O–H groups in total. The minimum Gasteiger partial charge on any atom is -0.464 e. The Hall–Kier alpha value is -2.31. The number of hydrogen-bond donors (Lipinski definition) is 0. The van der Waals surface area contributed by atoms with Crippen molar-refractivity contribution >= 4 is 34.9 Å². The summed E-state index contributed by atoms with van der Waals surface area (Å²) >= 11 is 11.8. The van der Waals surface area contributed by atoms with Gasteiger partial charge in [-0.25, -0.2) is 9.78 Å². The molecule has 8 heteroatoms. The Kier molecular flexibility index (Phi) is 5.78. The van der Waals surface area contributed by atoms with Gasteiger partial charge in [-0.3, -0.25) is 0 Å². The molecule has 0 aliphatic rings. The van der Waals surface area contributed by atoms with Crippen LogP contribution in [0.2, 0.25) is 10.0 Å². The van der Waals surface area contributed by atoms with Crippen molar-refractivity contribution in [2.24, 2.45) is 5.16 Å². The molecule has 0 aliphatic carbocycles. The van der Waals surface area contributed by atoms with Gasteiger partial charge in [0.1, 0.15) is 12.9 Å². The molecular formula is C15H12Cl2N2O4. The molecule has 0 spiro atoms. The van der Waals surface area contributed by atoms with Crippen LogP contribution in [0.3, 0.4) is 0 Å². The molecular weight excluding hydrogens is 343 g/mol. The topological polar surface area (TPSA) is 70.0 Å². The molecule has 120 valence electrons. The number of rotatable bonds is 5. The second-order valence-corrected chi connectivity index (χ2v) is 4.96. The first-order valence-corrected chi connectivity index (χ1v) is 7.10. The zero-order valence-corrected chi connectivity index (χ0v) is 13.8. The number of benzene rings is 1. The zero-order valence-electron chi connectivity index (χ0n) is 12.2. The minimum atomic E-state index is -0.682. The van der Waals surface area contributed by atoms with Gasteiger partial charge in [0.25, 0.3) is 0 Å². The number of hydrogen-bond acceptors (Lipinski definition) is 6. The third-order valence-corrected chi connectivity index (χ3v) is 3.43. The van der Waals surface area contributed by atoms with E-state index in [0.29, 0.717) is 21.4 Å². The summed E-state index contributed by atoms with van der Waals surface area (Å²) < 4.78 is 10.4. The fourth-order valence-corrected chi connectivity index (χ4v) is 1.98. The zero-order chi connectivity index (χ0) is 16.8. The average molecular weight is 355 g/mol. The van der Waals surface area contributed by atoms with Crippen molar-refractivity contribution in [1.29, 1.82) is 0 Å². The number of pyridine rings is 1. The highest BCUT2D eigenvalue weighted by Crippen LogP contribution is 2.30. The molecule has 23 heavy (non-hydrogen) atoms. The Morgan fingerprint density at radius 2 is 1.96 bits per heavy atom. The normalized spacial score (nSPS) is 11.0. The van der Waals surface area contributed by atoms with Crippen LogP contribution in [0.15, 0.2) is 41.7 Å². The van der Waals surface area contributed by atoms with E-state index in [-0.39, 0.29) is 11.6 Å². The van der Waals surface area contributed by atoms with Crippen LogP contribution in [0.5, 0.6) is 11.6 Å². The first-order chi connectivity index (χ1) is 11.1. The van der Waals surface area contributed by atoms with Crippen LogP contribution in [0.1, 0.15) is 5.56 Å². The van der Waals surface area contributed by atoms with Gasteiger partial charge in [-0.2, -0.15) is 0 Å². The molecule has 2 aromatic rings. The van der Waals surface area contributed by atoms with Crippen LogP contribution < -0.4 is 4.74 Å². The molecule has 0 atom stereocenters. The number of methoxy groups -OCH3 is 1. The van der Waals surface area contributed by atoms with E-state index in [1.54, 1.807) is 24.3 Å². The van der Waals surface area contributed by atoms with Crippen molar-refractivity contribution < 1.29 is 19.1 Å². The van der Waals surface area contributed by atoms with Gasteiger partial charge in [0.05, 0.1) is 22.7 Å². The van der Waals surface area contributed by atoms with E-state index >= 15 is 0 Å². The molecule has 1 aromatic carbocycles. The molecule has 0 saturated carbocycles. The number of ether oxygens (including phenoxy) is 2. The van der Waals surface area contributed by atoms with Crippen molar-refractivity contribution in [3.8, 4) is 11.6 Å². The predicted octanol–water partition coefficient (Wildman–Crippen LogP) is 3.70. The fourth-order valence-electron chi connectivity index (χ4n) is 1.69. The van der Waals surface area contributed by atoms with Crippen LogP contribution in [0.25, 0.3) is 0 Å². The summed E-state index contributed by atoms with van der Waals surface area (Å²) in [6, 6.07) is 7.98. The van der Waals surface area contributed by atoms with E-state index in [9.17, 15) is 4.79 Å². The summed E-state index contributed by atoms with van der Waals surface area (Å²) in [5.74, 6) is -0.132. The van der Waals surface area contributed by atoms with Crippen LogP contribution in [0, 0.1) is 0 Å². The molecule has 6 nitrogen and oxygen atoms in total. The maximum atomic E-state index is 11.9. The van der Waals surface area contributed by atoms with E-state index in [1.807, 2.05) is 0 Å². The van der Waals surface area contributed by atoms with E-state index in [1.165, 1.54) is 26.5 Å². The van der Waals surface area contributed by atoms with Crippen LogP contribution >= 0.6 is 23.2 Å². The molecule has 1 heterocycles. The van der Waals surface area contributed by atoms with Gasteiger partial charge >= 0.3 is 5.97 Å². The van der Waals surface area contributed by atoms with Crippen LogP contribution in [-0.2, 0) is 14.4 Å². The van der Waals surface area contributed by atoms with E-state index in [0.717, 1.165) is 0 Å². The molecule has 0 fully saturated rings. The Morgan fingerprint density at radius 1 is 1.17 bits per heavy atom. The Morgan fingerprint density at radius 3 is 2.61 bits per heavy atom. The SMILES string of the molecule is CON=C(C(=O)OC)c1cccnc1Oc1ccc(Cl)c(Cl)c1. The molecule has 0 amide bonds. The summed E-state index contributed by atoms with van der Waals surface area (Å²) in [6.45, 7) is 0. The minimum absolute atomic E-state index is 0.0711. The van der Waals surface area contributed by atoms with Crippen molar-refractivity contribution in [1.82, 2.24) is 4.98 Å². The number of aromatic nitrogens is 1. The number of halogens is 2. The lowest BCUT2D eigenvalue weighted by Crippen LogP contribution is -2.18. The third-order valence-electron chi connectivity index (χ3n) is 2.69. The summed E-state index contributed by atoms with van der Waals surface area (Å²) in [7, 11) is 2.56. The first-order valence-electron chi connectivity index (χ1n) is 6.34. The van der Waals surface area contributed by atoms with Crippen molar-refractivity contribution in [3.63, 3.8) is 0 Å². The summed E-state index contributed by atoms with van der Waals surface area (Å²) in [5, 5.41) is 4.41. The molecule has 0 saturated heterocycles. The fraction of sp³-hybridized carbons (Fsp3) is 0.133. The smallest absolute Gasteiger partial charge is 0.360 e. The monoisotopic (exact) mass is 354 g/mol. The Balaban J connectivity index is 2.42. The quantitative estimate of drug-likeness (QED) is 0.465. The van der Waals surface area contributed by atoms with Gasteiger partial charge in [-0.1, -0.05) is 28.4 Å². The maximum Gasteiger partial charge on any atom is 0.360 e. The number of nitrogens with zero attached hydrogens (tertiary/aromatic N) is 2. The van der Waals surface area contributed by atoms with E-state index in [2.05, 4.69) is 19.7 Å². The first kappa shape index (κ1) is 17.1. The average Bonchev–Trinajstić information content (AvgIpc) is 2.56. The van der Waals surface area contributed by atoms with Gasteiger partial charge < -0.3 is 14.3 Å². The molecule has 0 unspecified atom stereocenters. The lowest BCUT2D eigenvalue weighted by atomic mass is 10.1. The van der Waals surface area contributed by atoms with Gasteiger partial charge in [0.15, 0.2) is 5.71 Å². The second-order valence-electron chi connectivity index (χ2n) is 4.15. The largest absolute Gasteiger partial charge is 0.464 e. The lowest BCUT2D eigenvalue weighted by molar-refractivity contribution is -0.132. The van der Waals surface area contributed by atoms with Gasteiger partial charge in [-0.15, -0.1) is 0 Å². The molecule has 0 radical (unpaired) electrons. The highest BCUT2D eigenvalue weighted by Gasteiger charge is 2.21. The molecule has 0 bridgehead atoms. The third kappa shape index (κ3) is 4.12. The summed E-state index contributed by atoms with van der Waals surface area (Å²) in [6.07, 6.45) is 1.51. The number of esters is 1. The highest BCUT2D eigenvalue weighted by atomic mass is 35.5. The van der Waals surface area contributed by atoms with E-state index in [4.69, 9.17) is 27.9 Å². The van der Waals surface area contributed by atoms with Crippen molar-refractivity contribution in [2.75, 3.05) is 14.2 Å². The molecule has 2 rings (SSSR count). The van der Waals surface area contributed by atoms with Gasteiger partial charge in [-0.05, 0) is 24.3 Å². The Labute approximate surface area is 142 Å². The van der Waals surface area contributed by atoms with E-state index < -0.39 is 5.97 Å². The van der Waals surface area contributed by atoms with Crippen LogP contribution in [0.4, 0.5) is 0 Å². The second kappa shape index (κ2) is 7.80. The summed E-state index contributed by atoms with van der Waals surface area (Å²) in [5.41, 5.74) is 0.241. The number of oxime groups is 1. The van der Waals surface area contributed by atoms with Gasteiger partial charge in [0, 0.05) is 12.3 Å². The molecule has 0 aliphatic heterocycles. The lowest BCUT2D eigenvalue weighted by Gasteiger charge is -2.10. The van der Waals surface area contributed by atoms with Crippen LogP contribution in [-0.4, -0.2) is 30.9 Å².